The Hall–Kier alpha value is -1.60. The quantitative estimate of drug-likeness (QED) is 0.733. The van der Waals surface area contributed by atoms with Gasteiger partial charge >= 0.3 is 0 Å². The van der Waals surface area contributed by atoms with Crippen molar-refractivity contribution in [2.75, 3.05) is 20.2 Å². The van der Waals surface area contributed by atoms with Crippen molar-refractivity contribution in [3.63, 3.8) is 0 Å². The topological polar surface area (TPSA) is 75.7 Å². The predicted octanol–water partition coefficient (Wildman–Crippen LogP) is 2.96. The molecule has 0 saturated carbocycles. The molecule has 1 aliphatic rings. The van der Waals surface area contributed by atoms with E-state index in [0.717, 1.165) is 24.8 Å². The molecule has 1 saturated heterocycles. The maximum atomic E-state index is 12.9. The first kappa shape index (κ1) is 21.7. The van der Waals surface area contributed by atoms with E-state index >= 15 is 0 Å². The second-order valence-electron chi connectivity index (χ2n) is 7.54. The fourth-order valence-electron chi connectivity index (χ4n) is 3.11. The Morgan fingerprint density at radius 2 is 1.85 bits per heavy atom. The van der Waals surface area contributed by atoms with Crippen molar-refractivity contribution in [2.24, 2.45) is 5.92 Å². The Morgan fingerprint density at radius 3 is 2.44 bits per heavy atom. The van der Waals surface area contributed by atoms with Crippen LogP contribution in [0, 0.1) is 5.92 Å². The van der Waals surface area contributed by atoms with E-state index in [1.165, 1.54) is 0 Å². The molecule has 6 nitrogen and oxygen atoms in total. The van der Waals surface area contributed by atoms with Crippen molar-refractivity contribution in [3.8, 4) is 5.75 Å². The number of carbonyl (C=O) groups excluding carboxylic acids is 1. The first-order valence-corrected chi connectivity index (χ1v) is 11.2. The molecule has 7 heteroatoms. The average Bonchev–Trinajstić information content (AvgIpc) is 2.66. The van der Waals surface area contributed by atoms with Crippen LogP contribution < -0.4 is 10.1 Å². The van der Waals surface area contributed by atoms with Gasteiger partial charge in [0.1, 0.15) is 5.75 Å². The van der Waals surface area contributed by atoms with Crippen LogP contribution in [0.3, 0.4) is 0 Å². The molecule has 0 bridgehead atoms. The van der Waals surface area contributed by atoms with Crippen LogP contribution in [-0.4, -0.2) is 44.9 Å². The lowest BCUT2D eigenvalue weighted by atomic mass is 10.1. The molecule has 1 heterocycles. The summed E-state index contributed by atoms with van der Waals surface area (Å²) in [5.74, 6) is 0.932. The van der Waals surface area contributed by atoms with Gasteiger partial charge in [0.25, 0.3) is 0 Å². The minimum atomic E-state index is -3.50. The molecule has 27 heavy (non-hydrogen) atoms. The number of hydrogen-bond acceptors (Lipinski definition) is 4. The van der Waals surface area contributed by atoms with Gasteiger partial charge in [0.05, 0.1) is 12.0 Å². The molecule has 1 fully saturated rings. The number of methoxy groups -OCH3 is 1. The zero-order chi connectivity index (χ0) is 20.0. The number of nitrogens with zero attached hydrogens (tertiary/aromatic N) is 1. The minimum absolute atomic E-state index is 0.0393. The van der Waals surface area contributed by atoms with Crippen LogP contribution in [0.1, 0.15) is 52.0 Å². The van der Waals surface area contributed by atoms with Gasteiger partial charge < -0.3 is 10.1 Å². The molecule has 1 aliphatic heterocycles. The Morgan fingerprint density at radius 1 is 1.19 bits per heavy atom. The Balaban J connectivity index is 2.14. The highest BCUT2D eigenvalue weighted by atomic mass is 32.2. The molecular formula is C20H32N2O4S. The van der Waals surface area contributed by atoms with Gasteiger partial charge in [0.2, 0.25) is 15.9 Å². The molecule has 0 aromatic heterocycles. The number of rotatable bonds is 8. The van der Waals surface area contributed by atoms with Crippen LogP contribution in [0.5, 0.6) is 5.75 Å². The Kier molecular flexibility index (Phi) is 7.68. The fourth-order valence-corrected chi connectivity index (χ4v) is 4.67. The highest BCUT2D eigenvalue weighted by Gasteiger charge is 2.26. The van der Waals surface area contributed by atoms with E-state index in [9.17, 15) is 13.2 Å². The number of carbonyl (C=O) groups is 1. The SMILES string of the molecule is COc1ccc(S(=O)(=O)N2CCCCC2)cc1CCC(=O)N[C@H](C)C(C)C. The van der Waals surface area contributed by atoms with E-state index in [1.807, 2.05) is 6.92 Å². The van der Waals surface area contributed by atoms with E-state index in [4.69, 9.17) is 4.74 Å². The molecular weight excluding hydrogens is 364 g/mol. The molecule has 0 aliphatic carbocycles. The molecule has 1 atom stereocenters. The van der Waals surface area contributed by atoms with Crippen molar-refractivity contribution in [2.45, 2.75) is 63.8 Å². The van der Waals surface area contributed by atoms with Crippen molar-refractivity contribution >= 4 is 15.9 Å². The summed E-state index contributed by atoms with van der Waals surface area (Å²) in [5.41, 5.74) is 0.739. The van der Waals surface area contributed by atoms with Crippen LogP contribution in [0.2, 0.25) is 0 Å². The normalized spacial score (nSPS) is 16.9. The number of aryl methyl sites for hydroxylation is 1. The maximum absolute atomic E-state index is 12.9. The van der Waals surface area contributed by atoms with Crippen LogP contribution >= 0.6 is 0 Å². The summed E-state index contributed by atoms with van der Waals surface area (Å²) in [7, 11) is -1.95. The first-order chi connectivity index (χ1) is 12.8. The second kappa shape index (κ2) is 9.55. The number of nitrogens with one attached hydrogen (secondary N) is 1. The fraction of sp³-hybridized carbons (Fsp3) is 0.650. The highest BCUT2D eigenvalue weighted by molar-refractivity contribution is 7.89. The predicted molar refractivity (Wildman–Crippen MR) is 106 cm³/mol. The number of amides is 1. The highest BCUT2D eigenvalue weighted by Crippen LogP contribution is 2.27. The van der Waals surface area contributed by atoms with Crippen LogP contribution in [0.4, 0.5) is 0 Å². The molecule has 1 aromatic carbocycles. The van der Waals surface area contributed by atoms with Gasteiger partial charge in [-0.2, -0.15) is 4.31 Å². The van der Waals surface area contributed by atoms with E-state index in [-0.39, 0.29) is 16.8 Å². The molecule has 0 unspecified atom stereocenters. The molecule has 1 N–H and O–H groups in total. The number of benzene rings is 1. The van der Waals surface area contributed by atoms with Crippen molar-refractivity contribution in [3.05, 3.63) is 23.8 Å². The summed E-state index contributed by atoms with van der Waals surface area (Å²) in [4.78, 5) is 12.5. The number of ether oxygens (including phenoxy) is 1. The van der Waals surface area contributed by atoms with Crippen molar-refractivity contribution < 1.29 is 17.9 Å². The standard InChI is InChI=1S/C20H32N2O4S/c1-15(2)16(3)21-20(23)11-8-17-14-18(9-10-19(17)26-4)27(24,25)22-12-6-5-7-13-22/h9-10,14-16H,5-8,11-13H2,1-4H3,(H,21,23)/t16-/m1/s1. The Bertz CT molecular complexity index is 740. The number of piperidine rings is 1. The Labute approximate surface area is 163 Å². The van der Waals surface area contributed by atoms with Gasteiger partial charge in [-0.1, -0.05) is 20.3 Å². The molecule has 1 amide bonds. The van der Waals surface area contributed by atoms with Crippen LogP contribution in [-0.2, 0) is 21.2 Å². The van der Waals surface area contributed by atoms with Gasteiger partial charge in [-0.25, -0.2) is 8.42 Å². The van der Waals surface area contributed by atoms with Gasteiger partial charge in [-0.15, -0.1) is 0 Å². The monoisotopic (exact) mass is 396 g/mol. The number of sulfonamides is 1. The average molecular weight is 397 g/mol. The summed E-state index contributed by atoms with van der Waals surface area (Å²) < 4.78 is 32.7. The summed E-state index contributed by atoms with van der Waals surface area (Å²) in [5, 5.41) is 2.98. The van der Waals surface area contributed by atoms with E-state index < -0.39 is 10.0 Å². The summed E-state index contributed by atoms with van der Waals surface area (Å²) in [6, 6.07) is 5.03. The smallest absolute Gasteiger partial charge is 0.243 e. The lowest BCUT2D eigenvalue weighted by Crippen LogP contribution is -2.36. The first-order valence-electron chi connectivity index (χ1n) is 9.72. The van der Waals surface area contributed by atoms with Gasteiger partial charge in [-0.3, -0.25) is 4.79 Å². The summed E-state index contributed by atoms with van der Waals surface area (Å²) in [6.07, 6.45) is 3.60. The van der Waals surface area contributed by atoms with Gasteiger partial charge in [0.15, 0.2) is 0 Å². The van der Waals surface area contributed by atoms with E-state index in [0.29, 0.717) is 37.6 Å². The van der Waals surface area contributed by atoms with E-state index in [1.54, 1.807) is 29.6 Å². The molecule has 152 valence electrons. The zero-order valence-corrected chi connectivity index (χ0v) is 17.6. The summed E-state index contributed by atoms with van der Waals surface area (Å²) >= 11 is 0. The molecule has 2 rings (SSSR count). The lowest BCUT2D eigenvalue weighted by molar-refractivity contribution is -0.121. The van der Waals surface area contributed by atoms with Crippen molar-refractivity contribution in [1.29, 1.82) is 0 Å². The maximum Gasteiger partial charge on any atom is 0.243 e. The summed E-state index contributed by atoms with van der Waals surface area (Å²) in [6.45, 7) is 7.24. The number of hydrogen-bond donors (Lipinski definition) is 1. The van der Waals surface area contributed by atoms with Gasteiger partial charge in [-0.05, 0) is 55.9 Å². The lowest BCUT2D eigenvalue weighted by Gasteiger charge is -2.26. The van der Waals surface area contributed by atoms with Crippen LogP contribution in [0.15, 0.2) is 23.1 Å². The molecule has 0 spiro atoms. The third-order valence-electron chi connectivity index (χ3n) is 5.21. The molecule has 0 radical (unpaired) electrons. The van der Waals surface area contributed by atoms with E-state index in [2.05, 4.69) is 19.2 Å². The van der Waals surface area contributed by atoms with Gasteiger partial charge in [0, 0.05) is 25.6 Å². The van der Waals surface area contributed by atoms with Crippen molar-refractivity contribution in [1.82, 2.24) is 9.62 Å². The second-order valence-corrected chi connectivity index (χ2v) is 9.48. The zero-order valence-electron chi connectivity index (χ0n) is 16.8. The third kappa shape index (κ3) is 5.69. The molecule has 1 aromatic rings. The van der Waals surface area contributed by atoms with Crippen LogP contribution in [0.25, 0.3) is 0 Å². The third-order valence-corrected chi connectivity index (χ3v) is 7.11. The minimum Gasteiger partial charge on any atom is -0.496 e. The largest absolute Gasteiger partial charge is 0.496 e.